The normalized spacial score (nSPS) is 15.7. The molecule has 0 saturated carbocycles. The molecule has 1 heterocycles. The number of ether oxygens (including phenoxy) is 1. The fraction of sp³-hybridized carbons (Fsp3) is 0.190. The second kappa shape index (κ2) is 9.20. The number of anilines is 1. The van der Waals surface area contributed by atoms with Crippen molar-refractivity contribution in [2.75, 3.05) is 11.5 Å². The summed E-state index contributed by atoms with van der Waals surface area (Å²) in [5.41, 5.74) is 0.526. The highest BCUT2D eigenvalue weighted by Gasteiger charge is 2.36. The molecule has 0 radical (unpaired) electrons. The van der Waals surface area contributed by atoms with E-state index in [0.717, 1.165) is 9.37 Å². The molecule has 3 rings (SSSR count). The molecule has 1 N–H and O–H groups in total. The fourth-order valence-corrected chi connectivity index (χ4v) is 3.58. The van der Waals surface area contributed by atoms with Gasteiger partial charge in [-0.3, -0.25) is 14.9 Å². The van der Waals surface area contributed by atoms with Gasteiger partial charge in [-0.15, -0.1) is 0 Å². The Morgan fingerprint density at radius 3 is 2.27 bits per heavy atom. The van der Waals surface area contributed by atoms with Crippen LogP contribution in [0.5, 0.6) is 5.75 Å². The molecule has 1 aliphatic heterocycles. The van der Waals surface area contributed by atoms with Crippen molar-refractivity contribution >= 4 is 68.7 Å². The third-order valence-corrected chi connectivity index (χ3v) is 5.17. The molecule has 0 spiro atoms. The smallest absolute Gasteiger partial charge is 0.335 e. The number of imide groups is 2. The van der Waals surface area contributed by atoms with E-state index in [4.69, 9.17) is 27.9 Å². The number of rotatable bonds is 5. The monoisotopic (exact) mass is 510 g/mol. The van der Waals surface area contributed by atoms with E-state index in [1.54, 1.807) is 24.3 Å². The summed E-state index contributed by atoms with van der Waals surface area (Å²) in [5.74, 6) is -0.936. The lowest BCUT2D eigenvalue weighted by atomic mass is 10.1. The van der Waals surface area contributed by atoms with Crippen molar-refractivity contribution in [1.29, 1.82) is 0 Å². The first kappa shape index (κ1) is 22.3. The maximum atomic E-state index is 12.9. The Labute approximate surface area is 191 Å². The number of hydrogen-bond acceptors (Lipinski definition) is 4. The van der Waals surface area contributed by atoms with Gasteiger partial charge in [-0.1, -0.05) is 53.0 Å². The van der Waals surface area contributed by atoms with Crippen LogP contribution >= 0.6 is 39.1 Å². The quantitative estimate of drug-likeness (QED) is 0.427. The van der Waals surface area contributed by atoms with Gasteiger partial charge in [0.2, 0.25) is 0 Å². The molecule has 156 valence electrons. The zero-order valence-corrected chi connectivity index (χ0v) is 19.1. The summed E-state index contributed by atoms with van der Waals surface area (Å²) in [6.07, 6.45) is 1.33. The number of amides is 4. The molecule has 1 fully saturated rings. The maximum absolute atomic E-state index is 12.9. The van der Waals surface area contributed by atoms with E-state index >= 15 is 0 Å². The molecule has 2 aromatic rings. The topological polar surface area (TPSA) is 75.7 Å². The SMILES string of the molecule is CC(C)COc1c(Cl)cc(/C=C2\C(=O)NC(=O)N(c3ccc(Br)cc3)C2=O)cc1Cl. The minimum Gasteiger partial charge on any atom is -0.490 e. The average Bonchev–Trinajstić information content (AvgIpc) is 2.65. The summed E-state index contributed by atoms with van der Waals surface area (Å²) in [7, 11) is 0. The fourth-order valence-electron chi connectivity index (χ4n) is 2.70. The summed E-state index contributed by atoms with van der Waals surface area (Å²) in [5, 5.41) is 2.67. The van der Waals surface area contributed by atoms with E-state index in [1.165, 1.54) is 18.2 Å². The molecule has 4 amide bonds. The van der Waals surface area contributed by atoms with Gasteiger partial charge in [-0.25, -0.2) is 9.69 Å². The van der Waals surface area contributed by atoms with E-state index in [2.05, 4.69) is 21.2 Å². The summed E-state index contributed by atoms with van der Waals surface area (Å²) in [6.45, 7) is 4.42. The number of benzene rings is 2. The van der Waals surface area contributed by atoms with Crippen molar-refractivity contribution in [1.82, 2.24) is 5.32 Å². The number of halogens is 3. The number of hydrogen-bond donors (Lipinski definition) is 1. The van der Waals surface area contributed by atoms with Crippen LogP contribution in [0.2, 0.25) is 10.0 Å². The first-order valence-corrected chi connectivity index (χ1v) is 10.5. The standard InChI is InChI=1S/C21H17BrCl2N2O4/c1-11(2)10-30-18-16(23)8-12(9-17(18)24)7-15-19(27)25-21(29)26(20(15)28)14-5-3-13(22)4-6-14/h3-9,11H,10H2,1-2H3,(H,25,27,29)/b15-7+. The van der Waals surface area contributed by atoms with Gasteiger partial charge in [0.05, 0.1) is 22.3 Å². The number of nitrogens with one attached hydrogen (secondary N) is 1. The van der Waals surface area contributed by atoms with Crippen molar-refractivity contribution < 1.29 is 19.1 Å². The maximum Gasteiger partial charge on any atom is 0.335 e. The zero-order chi connectivity index (χ0) is 22.0. The van der Waals surface area contributed by atoms with Crippen molar-refractivity contribution in [3.05, 3.63) is 62.1 Å². The summed E-state index contributed by atoms with van der Waals surface area (Å²) < 4.78 is 6.41. The first-order valence-electron chi connectivity index (χ1n) is 8.96. The van der Waals surface area contributed by atoms with Crippen LogP contribution in [0.15, 0.2) is 46.4 Å². The number of barbiturate groups is 1. The minimum atomic E-state index is -0.821. The summed E-state index contributed by atoms with van der Waals surface area (Å²) in [4.78, 5) is 38.4. The largest absolute Gasteiger partial charge is 0.490 e. The first-order chi connectivity index (χ1) is 14.2. The molecule has 9 heteroatoms. The molecule has 6 nitrogen and oxygen atoms in total. The van der Waals surface area contributed by atoms with E-state index < -0.39 is 17.8 Å². The highest BCUT2D eigenvalue weighted by molar-refractivity contribution is 9.10. The van der Waals surface area contributed by atoms with Crippen molar-refractivity contribution in [2.45, 2.75) is 13.8 Å². The van der Waals surface area contributed by atoms with Gasteiger partial charge in [0.1, 0.15) is 5.57 Å². The lowest BCUT2D eigenvalue weighted by Crippen LogP contribution is -2.54. The number of carbonyl (C=O) groups excluding carboxylic acids is 3. The Kier molecular flexibility index (Phi) is 6.85. The molecule has 2 aromatic carbocycles. The van der Waals surface area contributed by atoms with E-state index in [-0.39, 0.29) is 21.5 Å². The Morgan fingerprint density at radius 1 is 1.10 bits per heavy atom. The minimum absolute atomic E-state index is 0.222. The van der Waals surface area contributed by atoms with Crippen LogP contribution in [0.4, 0.5) is 10.5 Å². The Morgan fingerprint density at radius 2 is 1.70 bits per heavy atom. The van der Waals surface area contributed by atoms with Gasteiger partial charge >= 0.3 is 6.03 Å². The molecular weight excluding hydrogens is 495 g/mol. The molecule has 1 saturated heterocycles. The molecule has 0 bridgehead atoms. The van der Waals surface area contributed by atoms with Gasteiger partial charge in [-0.05, 0) is 54.0 Å². The second-order valence-electron chi connectivity index (χ2n) is 6.95. The predicted molar refractivity (Wildman–Crippen MR) is 120 cm³/mol. The second-order valence-corrected chi connectivity index (χ2v) is 8.68. The summed E-state index contributed by atoms with van der Waals surface area (Å²) in [6, 6.07) is 8.80. The number of carbonyl (C=O) groups is 3. The van der Waals surface area contributed by atoms with Crippen molar-refractivity contribution in [2.24, 2.45) is 5.92 Å². The molecule has 0 unspecified atom stereocenters. The predicted octanol–water partition coefficient (Wildman–Crippen LogP) is 5.46. The summed E-state index contributed by atoms with van der Waals surface area (Å²) >= 11 is 15.9. The van der Waals surface area contributed by atoms with Crippen LogP contribution in [-0.4, -0.2) is 24.5 Å². The van der Waals surface area contributed by atoms with Crippen LogP contribution in [0, 0.1) is 5.92 Å². The van der Waals surface area contributed by atoms with Gasteiger partial charge in [0.25, 0.3) is 11.8 Å². The van der Waals surface area contributed by atoms with Crippen LogP contribution in [0.1, 0.15) is 19.4 Å². The molecule has 0 aromatic heterocycles. The van der Waals surface area contributed by atoms with Crippen LogP contribution in [0.3, 0.4) is 0 Å². The molecule has 30 heavy (non-hydrogen) atoms. The van der Waals surface area contributed by atoms with Crippen LogP contribution < -0.4 is 15.0 Å². The Balaban J connectivity index is 1.95. The third-order valence-electron chi connectivity index (χ3n) is 4.08. The molecular formula is C21H17BrCl2N2O4. The Bertz CT molecular complexity index is 1030. The lowest BCUT2D eigenvalue weighted by molar-refractivity contribution is -0.122. The Hall–Kier alpha value is -2.35. The third kappa shape index (κ3) is 4.86. The zero-order valence-electron chi connectivity index (χ0n) is 16.0. The molecule has 0 atom stereocenters. The van der Waals surface area contributed by atoms with Gasteiger partial charge in [0.15, 0.2) is 5.75 Å². The number of nitrogens with zero attached hydrogens (tertiary/aromatic N) is 1. The van der Waals surface area contributed by atoms with Gasteiger partial charge < -0.3 is 4.74 Å². The van der Waals surface area contributed by atoms with E-state index in [1.807, 2.05) is 13.8 Å². The highest BCUT2D eigenvalue weighted by Crippen LogP contribution is 2.35. The molecule has 0 aliphatic carbocycles. The van der Waals surface area contributed by atoms with E-state index in [9.17, 15) is 14.4 Å². The van der Waals surface area contributed by atoms with Crippen molar-refractivity contribution in [3.8, 4) is 5.75 Å². The average molecular weight is 512 g/mol. The van der Waals surface area contributed by atoms with E-state index in [0.29, 0.717) is 23.6 Å². The van der Waals surface area contributed by atoms with Crippen LogP contribution in [-0.2, 0) is 9.59 Å². The van der Waals surface area contributed by atoms with Gasteiger partial charge in [-0.2, -0.15) is 0 Å². The number of urea groups is 1. The highest BCUT2D eigenvalue weighted by atomic mass is 79.9. The van der Waals surface area contributed by atoms with Crippen LogP contribution in [0.25, 0.3) is 6.08 Å². The molecule has 1 aliphatic rings. The lowest BCUT2D eigenvalue weighted by Gasteiger charge is -2.26. The van der Waals surface area contributed by atoms with Gasteiger partial charge in [0, 0.05) is 4.47 Å². The van der Waals surface area contributed by atoms with Crippen molar-refractivity contribution in [3.63, 3.8) is 0 Å².